The molecule has 0 aliphatic carbocycles. The van der Waals surface area contributed by atoms with Crippen LogP contribution in [0.3, 0.4) is 0 Å². The van der Waals surface area contributed by atoms with Crippen LogP contribution in [0.1, 0.15) is 33.6 Å². The van der Waals surface area contributed by atoms with Gasteiger partial charge in [-0.1, -0.05) is 26.0 Å². The molecule has 2 atom stereocenters. The number of amides is 1. The van der Waals surface area contributed by atoms with Gasteiger partial charge in [0.05, 0.1) is 31.0 Å². The first-order valence-electron chi connectivity index (χ1n) is 11.5. The zero-order chi connectivity index (χ0) is 21.8. The molecule has 0 bridgehead atoms. The number of rotatable bonds is 4. The summed E-state index contributed by atoms with van der Waals surface area (Å²) >= 11 is 0. The van der Waals surface area contributed by atoms with Crippen molar-refractivity contribution in [1.29, 1.82) is 0 Å². The third-order valence-corrected chi connectivity index (χ3v) is 6.89. The summed E-state index contributed by atoms with van der Waals surface area (Å²) in [6, 6.07) is 0. The van der Waals surface area contributed by atoms with Crippen LogP contribution in [0.25, 0.3) is 0 Å². The van der Waals surface area contributed by atoms with E-state index in [1.54, 1.807) is 6.21 Å². The second kappa shape index (κ2) is 9.77. The van der Waals surface area contributed by atoms with Gasteiger partial charge in [-0.2, -0.15) is 0 Å². The first-order valence-corrected chi connectivity index (χ1v) is 11.5. The first-order chi connectivity index (χ1) is 15.1. The third-order valence-electron chi connectivity index (χ3n) is 6.89. The SMILES string of the molecule is C/C=C(\C=C/C1=C(C(=O)N2CCC3=C(C2)N=CC(C)[C@@H]3C)C=NCC1)N1CCOCC1. The molecule has 0 aromatic rings. The van der Waals surface area contributed by atoms with Gasteiger partial charge in [0.15, 0.2) is 0 Å². The van der Waals surface area contributed by atoms with E-state index in [-0.39, 0.29) is 5.91 Å². The Bertz CT molecular complexity index is 887. The minimum Gasteiger partial charge on any atom is -0.378 e. The minimum atomic E-state index is 0.0736. The van der Waals surface area contributed by atoms with Crippen molar-refractivity contribution in [2.24, 2.45) is 21.8 Å². The van der Waals surface area contributed by atoms with Gasteiger partial charge in [-0.25, -0.2) is 0 Å². The molecular formula is C25H34N4O2. The maximum Gasteiger partial charge on any atom is 0.256 e. The van der Waals surface area contributed by atoms with Crippen molar-refractivity contribution in [2.75, 3.05) is 45.9 Å². The Balaban J connectivity index is 1.51. The molecule has 1 saturated heterocycles. The molecule has 0 radical (unpaired) electrons. The predicted octanol–water partition coefficient (Wildman–Crippen LogP) is 3.39. The number of hydrogen-bond acceptors (Lipinski definition) is 5. The zero-order valence-corrected chi connectivity index (χ0v) is 19.0. The minimum absolute atomic E-state index is 0.0736. The topological polar surface area (TPSA) is 57.5 Å². The van der Waals surface area contributed by atoms with Gasteiger partial charge in [-0.15, -0.1) is 0 Å². The summed E-state index contributed by atoms with van der Waals surface area (Å²) in [5.41, 5.74) is 5.48. The van der Waals surface area contributed by atoms with Crippen LogP contribution in [0, 0.1) is 11.8 Å². The molecule has 4 rings (SSSR count). The highest BCUT2D eigenvalue weighted by Gasteiger charge is 2.31. The standard InChI is InChI=1S/C25H34N4O2/c1-4-21(28-11-13-31-14-12-28)6-5-20-7-9-26-16-23(20)25(30)29-10-8-22-19(3)18(2)15-27-24(22)17-29/h4-6,15-16,18-19H,7-14,17H2,1-3H3/b6-5-,21-4+/t18?,19-/m0/s1. The van der Waals surface area contributed by atoms with Crippen molar-refractivity contribution in [3.63, 3.8) is 0 Å². The number of carbonyl (C=O) groups is 1. The number of morpholine rings is 1. The van der Waals surface area contributed by atoms with Gasteiger partial charge in [-0.3, -0.25) is 14.8 Å². The molecule has 0 saturated carbocycles. The monoisotopic (exact) mass is 422 g/mol. The van der Waals surface area contributed by atoms with Crippen LogP contribution in [0.15, 0.2) is 56.3 Å². The summed E-state index contributed by atoms with van der Waals surface area (Å²) in [5.74, 6) is 1.06. The Morgan fingerprint density at radius 3 is 2.74 bits per heavy atom. The maximum absolute atomic E-state index is 13.4. The van der Waals surface area contributed by atoms with Crippen molar-refractivity contribution in [2.45, 2.75) is 33.6 Å². The van der Waals surface area contributed by atoms with Crippen molar-refractivity contribution in [3.8, 4) is 0 Å². The highest BCUT2D eigenvalue weighted by atomic mass is 16.5. The molecule has 4 aliphatic rings. The average molecular weight is 423 g/mol. The van der Waals surface area contributed by atoms with E-state index < -0.39 is 0 Å². The maximum atomic E-state index is 13.4. The lowest BCUT2D eigenvalue weighted by Crippen LogP contribution is -2.40. The van der Waals surface area contributed by atoms with Crippen molar-refractivity contribution in [1.82, 2.24) is 9.80 Å². The highest BCUT2D eigenvalue weighted by molar-refractivity contribution is 6.13. The largest absolute Gasteiger partial charge is 0.378 e. The van der Waals surface area contributed by atoms with E-state index in [1.165, 1.54) is 11.3 Å². The number of carbonyl (C=O) groups excluding carboxylic acids is 1. The smallest absolute Gasteiger partial charge is 0.256 e. The van der Waals surface area contributed by atoms with E-state index in [9.17, 15) is 4.79 Å². The fourth-order valence-corrected chi connectivity index (χ4v) is 4.69. The molecule has 1 fully saturated rings. The second-order valence-electron chi connectivity index (χ2n) is 8.75. The quantitative estimate of drug-likeness (QED) is 0.653. The average Bonchev–Trinajstić information content (AvgIpc) is 2.82. The number of aliphatic imine (C=N–C) groups is 2. The Morgan fingerprint density at radius 1 is 1.16 bits per heavy atom. The van der Waals surface area contributed by atoms with Gasteiger partial charge in [0.2, 0.25) is 0 Å². The van der Waals surface area contributed by atoms with E-state index in [0.29, 0.717) is 18.4 Å². The molecule has 0 N–H and O–H groups in total. The van der Waals surface area contributed by atoms with Gasteiger partial charge in [-0.05, 0) is 48.8 Å². The highest BCUT2D eigenvalue weighted by Crippen LogP contribution is 2.33. The summed E-state index contributed by atoms with van der Waals surface area (Å²) in [7, 11) is 0. The molecule has 0 aromatic heterocycles. The molecule has 1 unspecified atom stereocenters. The van der Waals surface area contributed by atoms with Crippen LogP contribution < -0.4 is 0 Å². The van der Waals surface area contributed by atoms with Crippen LogP contribution >= 0.6 is 0 Å². The van der Waals surface area contributed by atoms with Gasteiger partial charge >= 0.3 is 0 Å². The fourth-order valence-electron chi connectivity index (χ4n) is 4.69. The number of hydrogen-bond donors (Lipinski definition) is 0. The third kappa shape index (κ3) is 4.74. The van der Waals surface area contributed by atoms with E-state index in [0.717, 1.165) is 69.1 Å². The molecule has 6 heteroatoms. The predicted molar refractivity (Wildman–Crippen MR) is 125 cm³/mol. The molecule has 4 heterocycles. The van der Waals surface area contributed by atoms with Crippen molar-refractivity contribution < 1.29 is 9.53 Å². The summed E-state index contributed by atoms with van der Waals surface area (Å²) in [4.78, 5) is 26.8. The van der Waals surface area contributed by atoms with E-state index >= 15 is 0 Å². The van der Waals surface area contributed by atoms with Crippen LogP contribution in [0.2, 0.25) is 0 Å². The number of nitrogens with zero attached hydrogens (tertiary/aromatic N) is 4. The van der Waals surface area contributed by atoms with Crippen LogP contribution in [0.5, 0.6) is 0 Å². The Hall–Kier alpha value is -2.47. The Kier molecular flexibility index (Phi) is 6.86. The molecular weight excluding hydrogens is 388 g/mol. The molecule has 0 aromatic carbocycles. The van der Waals surface area contributed by atoms with Crippen molar-refractivity contribution in [3.05, 3.63) is 46.3 Å². The zero-order valence-electron chi connectivity index (χ0n) is 19.0. The number of allylic oxidation sites excluding steroid dienone is 3. The molecule has 0 spiro atoms. The summed E-state index contributed by atoms with van der Waals surface area (Å²) < 4.78 is 5.47. The van der Waals surface area contributed by atoms with Crippen molar-refractivity contribution >= 4 is 18.3 Å². The number of dihydropyridines is 1. The van der Waals surface area contributed by atoms with Gasteiger partial charge in [0, 0.05) is 44.3 Å². The lowest BCUT2D eigenvalue weighted by molar-refractivity contribution is -0.126. The lowest BCUT2D eigenvalue weighted by atomic mass is 9.83. The Labute approximate surface area is 185 Å². The Morgan fingerprint density at radius 2 is 1.97 bits per heavy atom. The summed E-state index contributed by atoms with van der Waals surface area (Å²) in [5, 5.41) is 0. The van der Waals surface area contributed by atoms with Gasteiger partial charge in [0.1, 0.15) is 0 Å². The van der Waals surface area contributed by atoms with Crippen LogP contribution in [-0.4, -0.2) is 74.1 Å². The molecule has 1 amide bonds. The van der Waals surface area contributed by atoms with E-state index in [4.69, 9.17) is 4.74 Å². The molecule has 166 valence electrons. The lowest BCUT2D eigenvalue weighted by Gasteiger charge is -2.35. The van der Waals surface area contributed by atoms with Crippen LogP contribution in [0.4, 0.5) is 0 Å². The first kappa shape index (κ1) is 21.8. The second-order valence-corrected chi connectivity index (χ2v) is 8.75. The summed E-state index contributed by atoms with van der Waals surface area (Å²) in [6.45, 7) is 12.0. The molecule has 4 aliphatic heterocycles. The van der Waals surface area contributed by atoms with E-state index in [1.807, 2.05) is 11.1 Å². The van der Waals surface area contributed by atoms with Crippen LogP contribution in [-0.2, 0) is 9.53 Å². The van der Waals surface area contributed by atoms with Gasteiger partial charge in [0.25, 0.3) is 5.91 Å². The molecule has 6 nitrogen and oxygen atoms in total. The normalized spacial score (nSPS) is 27.4. The fraction of sp³-hybridized carbons (Fsp3) is 0.560. The molecule has 31 heavy (non-hydrogen) atoms. The van der Waals surface area contributed by atoms with Gasteiger partial charge < -0.3 is 14.5 Å². The number of ether oxygens (including phenoxy) is 1. The van der Waals surface area contributed by atoms with E-state index in [2.05, 4.69) is 53.9 Å². The summed E-state index contributed by atoms with van der Waals surface area (Å²) in [6.07, 6.45) is 11.9.